The summed E-state index contributed by atoms with van der Waals surface area (Å²) in [6.07, 6.45) is 1.74. The monoisotopic (exact) mass is 452 g/mol. The number of ether oxygens (including phenoxy) is 1. The highest BCUT2D eigenvalue weighted by molar-refractivity contribution is 6.08. The number of pyridine rings is 1. The molecule has 0 saturated carbocycles. The summed E-state index contributed by atoms with van der Waals surface area (Å²) in [4.78, 5) is 49.4. The van der Waals surface area contributed by atoms with Crippen molar-refractivity contribution in [3.05, 3.63) is 64.3 Å². The summed E-state index contributed by atoms with van der Waals surface area (Å²) in [5, 5.41) is 14.0. The Morgan fingerprint density at radius 2 is 1.94 bits per heavy atom. The van der Waals surface area contributed by atoms with Gasteiger partial charge in [-0.2, -0.15) is 0 Å². The minimum atomic E-state index is -1.23. The molecule has 2 unspecified atom stereocenters. The van der Waals surface area contributed by atoms with Gasteiger partial charge in [-0.25, -0.2) is 9.98 Å². The lowest BCUT2D eigenvalue weighted by Crippen LogP contribution is -2.57. The number of nitrogens with zero attached hydrogens (tertiary/aromatic N) is 5. The fourth-order valence-corrected chi connectivity index (χ4v) is 3.98. The van der Waals surface area contributed by atoms with Crippen molar-refractivity contribution < 1.29 is 19.2 Å². The molecule has 1 aromatic carbocycles. The van der Waals surface area contributed by atoms with Gasteiger partial charge in [-0.05, 0) is 24.6 Å². The molecule has 0 radical (unpaired) electrons. The van der Waals surface area contributed by atoms with Gasteiger partial charge in [0.25, 0.3) is 5.69 Å². The number of carbonyl (C=O) groups excluding carboxylic acids is 2. The molecule has 1 saturated heterocycles. The molecular weight excluding hydrogens is 428 g/mol. The van der Waals surface area contributed by atoms with Crippen LogP contribution in [-0.2, 0) is 14.3 Å². The summed E-state index contributed by atoms with van der Waals surface area (Å²) in [5.41, 5.74) is 0.267. The van der Waals surface area contributed by atoms with Crippen LogP contribution < -0.4 is 10.2 Å². The maximum Gasteiger partial charge on any atom is 0.321 e. The number of carbonyl (C=O) groups is 2. The van der Waals surface area contributed by atoms with Crippen molar-refractivity contribution in [2.75, 3.05) is 37.7 Å². The largest absolute Gasteiger partial charge is 0.465 e. The van der Waals surface area contributed by atoms with Gasteiger partial charge in [0.2, 0.25) is 11.9 Å². The predicted molar refractivity (Wildman–Crippen MR) is 120 cm³/mol. The highest BCUT2D eigenvalue weighted by Crippen LogP contribution is 2.32. The fraction of sp³-hybridized carbons (Fsp3) is 0.364. The lowest BCUT2D eigenvalue weighted by atomic mass is 9.91. The first-order chi connectivity index (χ1) is 16.0. The number of guanidine groups is 1. The van der Waals surface area contributed by atoms with Gasteiger partial charge in [0.05, 0.1) is 11.5 Å². The molecule has 3 heterocycles. The molecule has 2 atom stereocenters. The highest BCUT2D eigenvalue weighted by atomic mass is 16.6. The summed E-state index contributed by atoms with van der Waals surface area (Å²) < 4.78 is 5.09. The summed E-state index contributed by atoms with van der Waals surface area (Å²) >= 11 is 0. The van der Waals surface area contributed by atoms with E-state index in [0.717, 1.165) is 5.82 Å². The van der Waals surface area contributed by atoms with Crippen molar-refractivity contribution in [1.82, 2.24) is 15.2 Å². The molecule has 0 spiro atoms. The van der Waals surface area contributed by atoms with Crippen molar-refractivity contribution in [3.63, 3.8) is 0 Å². The Hall–Kier alpha value is -4.02. The Bertz CT molecular complexity index is 1070. The van der Waals surface area contributed by atoms with Gasteiger partial charge < -0.3 is 14.5 Å². The molecule has 172 valence electrons. The van der Waals surface area contributed by atoms with Crippen LogP contribution in [-0.4, -0.2) is 65.4 Å². The van der Waals surface area contributed by atoms with E-state index in [4.69, 9.17) is 4.74 Å². The van der Waals surface area contributed by atoms with Crippen molar-refractivity contribution in [1.29, 1.82) is 0 Å². The number of amides is 1. The number of piperazine rings is 1. The number of nitro benzene ring substituents is 1. The number of nitro groups is 1. The van der Waals surface area contributed by atoms with E-state index < -0.39 is 28.8 Å². The van der Waals surface area contributed by atoms with Crippen molar-refractivity contribution in [2.24, 2.45) is 10.9 Å². The Kier molecular flexibility index (Phi) is 6.48. The first-order valence-electron chi connectivity index (χ1n) is 10.7. The average Bonchev–Trinajstić information content (AvgIpc) is 2.84. The second-order valence-electron chi connectivity index (χ2n) is 7.63. The van der Waals surface area contributed by atoms with Gasteiger partial charge >= 0.3 is 5.97 Å². The van der Waals surface area contributed by atoms with E-state index in [-0.39, 0.29) is 12.3 Å². The molecule has 1 N–H and O–H groups in total. The number of aromatic nitrogens is 1. The minimum absolute atomic E-state index is 0.107. The summed E-state index contributed by atoms with van der Waals surface area (Å²) in [6.45, 7) is 4.28. The van der Waals surface area contributed by atoms with E-state index in [1.165, 1.54) is 18.2 Å². The van der Waals surface area contributed by atoms with Crippen LogP contribution in [0.1, 0.15) is 18.5 Å². The number of esters is 1. The normalized spacial score (nSPS) is 20.6. The average molecular weight is 452 g/mol. The van der Waals surface area contributed by atoms with E-state index in [2.05, 4.69) is 20.2 Å². The highest BCUT2D eigenvalue weighted by Gasteiger charge is 2.42. The van der Waals surface area contributed by atoms with Crippen LogP contribution in [0.5, 0.6) is 0 Å². The summed E-state index contributed by atoms with van der Waals surface area (Å²) in [6, 6.07) is 10.6. The van der Waals surface area contributed by atoms with E-state index >= 15 is 0 Å². The van der Waals surface area contributed by atoms with Gasteiger partial charge in [-0.3, -0.25) is 25.0 Å². The number of nitrogens with one attached hydrogen (secondary N) is 1. The van der Waals surface area contributed by atoms with Crippen LogP contribution in [0, 0.1) is 16.0 Å². The third kappa shape index (κ3) is 4.76. The number of hydrogen-bond acceptors (Lipinski definition) is 9. The molecule has 0 bridgehead atoms. The maximum atomic E-state index is 13.0. The number of rotatable bonds is 5. The standard InChI is InChI=1S/C22H24N6O5/c1-2-33-21(30)18-19(15-6-5-7-16(14-15)28(31)32)24-22(25-20(18)29)27-12-10-26(11-13-27)17-8-3-4-9-23-17/h3-9,14,18-19H,2,10-13H2,1H3,(H,24,25,29). The van der Waals surface area contributed by atoms with E-state index in [1.807, 2.05) is 23.1 Å². The first kappa shape index (κ1) is 22.2. The second-order valence-corrected chi connectivity index (χ2v) is 7.63. The third-order valence-corrected chi connectivity index (χ3v) is 5.61. The molecule has 2 aliphatic rings. The zero-order valence-electron chi connectivity index (χ0n) is 18.1. The molecule has 0 aliphatic carbocycles. The van der Waals surface area contributed by atoms with Crippen LogP contribution in [0.2, 0.25) is 0 Å². The molecule has 2 aromatic rings. The number of aliphatic imine (C=N–C) groups is 1. The van der Waals surface area contributed by atoms with E-state index in [9.17, 15) is 19.7 Å². The Balaban J connectivity index is 1.60. The quantitative estimate of drug-likeness (QED) is 0.313. The number of benzene rings is 1. The zero-order chi connectivity index (χ0) is 23.4. The molecule has 11 heteroatoms. The zero-order valence-corrected chi connectivity index (χ0v) is 18.1. The van der Waals surface area contributed by atoms with Crippen LogP contribution in [0.3, 0.4) is 0 Å². The summed E-state index contributed by atoms with van der Waals surface area (Å²) in [7, 11) is 0. The molecule has 4 rings (SSSR count). The minimum Gasteiger partial charge on any atom is -0.465 e. The van der Waals surface area contributed by atoms with Gasteiger partial charge in [-0.1, -0.05) is 18.2 Å². The first-order valence-corrected chi connectivity index (χ1v) is 10.7. The molecule has 1 aromatic heterocycles. The Morgan fingerprint density at radius 3 is 2.61 bits per heavy atom. The lowest BCUT2D eigenvalue weighted by molar-refractivity contribution is -0.384. The van der Waals surface area contributed by atoms with E-state index in [0.29, 0.717) is 37.7 Å². The second kappa shape index (κ2) is 9.63. The van der Waals surface area contributed by atoms with Crippen LogP contribution >= 0.6 is 0 Å². The molecule has 1 amide bonds. The van der Waals surface area contributed by atoms with Gasteiger partial charge in [0.1, 0.15) is 11.9 Å². The van der Waals surface area contributed by atoms with Crippen molar-refractivity contribution >= 4 is 29.3 Å². The molecule has 1 fully saturated rings. The molecule has 2 aliphatic heterocycles. The molecule has 11 nitrogen and oxygen atoms in total. The van der Waals surface area contributed by atoms with Gasteiger partial charge in [0, 0.05) is 44.5 Å². The smallest absolute Gasteiger partial charge is 0.321 e. The van der Waals surface area contributed by atoms with Crippen molar-refractivity contribution in [2.45, 2.75) is 13.0 Å². The molecular formula is C22H24N6O5. The van der Waals surface area contributed by atoms with Crippen LogP contribution in [0.15, 0.2) is 53.7 Å². The number of non-ortho nitro benzene ring substituents is 1. The fourth-order valence-electron chi connectivity index (χ4n) is 3.98. The van der Waals surface area contributed by atoms with Crippen molar-refractivity contribution in [3.8, 4) is 0 Å². The van der Waals surface area contributed by atoms with E-state index in [1.54, 1.807) is 19.2 Å². The Labute approximate surface area is 190 Å². The van der Waals surface area contributed by atoms with Gasteiger partial charge in [0.15, 0.2) is 5.92 Å². The topological polar surface area (TPSA) is 130 Å². The third-order valence-electron chi connectivity index (χ3n) is 5.61. The number of anilines is 1. The lowest BCUT2D eigenvalue weighted by Gasteiger charge is -2.39. The SMILES string of the molecule is CCOC(=O)C1C(=O)NC(N2CCN(c3ccccn3)CC2)=NC1c1cccc([N+](=O)[O-])c1. The van der Waals surface area contributed by atoms with Crippen LogP contribution in [0.4, 0.5) is 11.5 Å². The Morgan fingerprint density at radius 1 is 1.18 bits per heavy atom. The number of hydrogen-bond donors (Lipinski definition) is 1. The van der Waals surface area contributed by atoms with Crippen LogP contribution in [0.25, 0.3) is 0 Å². The maximum absolute atomic E-state index is 13.0. The predicted octanol–water partition coefficient (Wildman–Crippen LogP) is 1.52. The van der Waals surface area contributed by atoms with Gasteiger partial charge in [-0.15, -0.1) is 0 Å². The molecule has 33 heavy (non-hydrogen) atoms. The summed E-state index contributed by atoms with van der Waals surface area (Å²) in [5.74, 6) is -1.26.